The summed E-state index contributed by atoms with van der Waals surface area (Å²) in [5.74, 6) is 1.04. The number of aromatic nitrogens is 2. The van der Waals surface area contributed by atoms with E-state index < -0.39 is 10.6 Å². The van der Waals surface area contributed by atoms with Crippen molar-refractivity contribution < 1.29 is 18.7 Å². The smallest absolute Gasteiger partial charge is 0.251 e. The minimum atomic E-state index is -2.46. The van der Waals surface area contributed by atoms with E-state index in [1.807, 2.05) is 58.1 Å². The average molecular weight is 497 g/mol. The third-order valence-electron chi connectivity index (χ3n) is 7.30. The predicted octanol–water partition coefficient (Wildman–Crippen LogP) is 4.13. The highest BCUT2D eigenvalue weighted by Gasteiger charge is 2.33. The molecule has 0 radical (unpaired) electrons. The summed E-state index contributed by atoms with van der Waals surface area (Å²) in [6.07, 6.45) is 8.50. The third-order valence-corrected chi connectivity index (χ3v) is 9.08. The molecule has 2 aliphatic heterocycles. The van der Waals surface area contributed by atoms with Crippen LogP contribution in [-0.4, -0.2) is 59.8 Å². The van der Waals surface area contributed by atoms with Crippen LogP contribution in [0.25, 0.3) is 5.65 Å². The van der Waals surface area contributed by atoms with Gasteiger partial charge in [0, 0.05) is 61.2 Å². The number of hydrogen-bond donors (Lipinski definition) is 3. The van der Waals surface area contributed by atoms with E-state index in [1.165, 1.54) is 5.56 Å². The Balaban J connectivity index is 1.11. The Morgan fingerprint density at radius 1 is 1.00 bits per heavy atom. The normalized spacial score (nSPS) is 20.0. The minimum Gasteiger partial charge on any atom is -0.348 e. The maximum absolute atomic E-state index is 12.9. The zero-order valence-corrected chi connectivity index (χ0v) is 20.5. The average Bonchev–Trinajstić information content (AvgIpc) is 3.35. The Morgan fingerprint density at radius 3 is 2.43 bits per heavy atom. The molecule has 3 N–H and O–H groups in total. The minimum absolute atomic E-state index is 0.0779. The zero-order valence-electron chi connectivity index (χ0n) is 19.7. The topological polar surface area (TPSA) is 107 Å². The molecule has 0 atom stereocenters. The molecule has 0 bridgehead atoms. The van der Waals surface area contributed by atoms with Crippen molar-refractivity contribution in [3.63, 3.8) is 0 Å². The Labute approximate surface area is 206 Å². The van der Waals surface area contributed by atoms with Gasteiger partial charge in [-0.1, -0.05) is 12.1 Å². The summed E-state index contributed by atoms with van der Waals surface area (Å²) in [6, 6.07) is 11.7. The van der Waals surface area contributed by atoms with Gasteiger partial charge in [0.1, 0.15) is 5.65 Å². The highest BCUT2D eigenvalue weighted by molar-refractivity contribution is 8.24. The van der Waals surface area contributed by atoms with E-state index in [9.17, 15) is 18.7 Å². The van der Waals surface area contributed by atoms with Crippen molar-refractivity contribution in [2.24, 2.45) is 5.92 Å². The van der Waals surface area contributed by atoms with E-state index in [1.54, 1.807) is 6.20 Å². The molecule has 4 heterocycles. The number of carbonyl (C=O) groups excluding carboxylic acids is 2. The number of benzene rings is 1. The van der Waals surface area contributed by atoms with Crippen LogP contribution in [-0.2, 0) is 11.3 Å². The summed E-state index contributed by atoms with van der Waals surface area (Å²) in [5, 5.41) is 2.98. The van der Waals surface area contributed by atoms with Gasteiger partial charge in [-0.3, -0.25) is 18.7 Å². The fourth-order valence-corrected chi connectivity index (χ4v) is 6.63. The lowest BCUT2D eigenvalue weighted by Gasteiger charge is -2.41. The molecule has 2 fully saturated rings. The van der Waals surface area contributed by atoms with Gasteiger partial charge in [0.2, 0.25) is 5.91 Å². The first-order valence-electron chi connectivity index (χ1n) is 12.2. The fourth-order valence-electron chi connectivity index (χ4n) is 5.10. The van der Waals surface area contributed by atoms with Crippen LogP contribution in [0.2, 0.25) is 0 Å². The quantitative estimate of drug-likeness (QED) is 0.492. The van der Waals surface area contributed by atoms with Crippen LogP contribution >= 0.6 is 10.6 Å². The van der Waals surface area contributed by atoms with E-state index in [2.05, 4.69) is 10.3 Å². The van der Waals surface area contributed by atoms with Crippen LogP contribution in [0.5, 0.6) is 0 Å². The Kier molecular flexibility index (Phi) is 6.82. The SMILES string of the molecule is O=C(NCc1ccn2ccnc2c1)c1ccc(C2CCN(C(=O)C3CCS(O)(O)CC3)CC2)cc1. The largest absolute Gasteiger partial charge is 0.348 e. The van der Waals surface area contributed by atoms with Crippen molar-refractivity contribution >= 4 is 28.1 Å². The van der Waals surface area contributed by atoms with Gasteiger partial charge in [-0.25, -0.2) is 4.98 Å². The van der Waals surface area contributed by atoms with Crippen molar-refractivity contribution in [2.75, 3.05) is 24.6 Å². The van der Waals surface area contributed by atoms with Crippen molar-refractivity contribution in [3.05, 3.63) is 71.7 Å². The molecule has 2 aliphatic rings. The number of carbonyl (C=O) groups is 2. The molecule has 8 nitrogen and oxygen atoms in total. The number of pyridine rings is 1. The second-order valence-corrected chi connectivity index (χ2v) is 12.0. The first kappa shape index (κ1) is 23.8. The van der Waals surface area contributed by atoms with Gasteiger partial charge >= 0.3 is 0 Å². The molecule has 2 saturated heterocycles. The maximum atomic E-state index is 12.9. The number of imidazole rings is 1. The van der Waals surface area contributed by atoms with Crippen LogP contribution in [0, 0.1) is 5.92 Å². The van der Waals surface area contributed by atoms with Crippen molar-refractivity contribution in [1.82, 2.24) is 19.6 Å². The van der Waals surface area contributed by atoms with E-state index >= 15 is 0 Å². The summed E-state index contributed by atoms with van der Waals surface area (Å²) < 4.78 is 21.5. The number of hydrogen-bond acceptors (Lipinski definition) is 5. The maximum Gasteiger partial charge on any atom is 0.251 e. The number of fused-ring (bicyclic) bond motifs is 1. The second-order valence-electron chi connectivity index (χ2n) is 9.62. The van der Waals surface area contributed by atoms with Gasteiger partial charge in [-0.05, 0) is 67.0 Å². The number of nitrogens with one attached hydrogen (secondary N) is 1. The van der Waals surface area contributed by atoms with Crippen LogP contribution < -0.4 is 5.32 Å². The highest BCUT2D eigenvalue weighted by atomic mass is 32.3. The number of rotatable bonds is 5. The zero-order chi connectivity index (χ0) is 24.4. The van der Waals surface area contributed by atoms with Crippen LogP contribution in [0.3, 0.4) is 0 Å². The Morgan fingerprint density at radius 2 is 1.71 bits per heavy atom. The first-order valence-corrected chi connectivity index (χ1v) is 14.1. The molecule has 1 aromatic carbocycles. The molecular formula is C26H32N4O4S. The van der Waals surface area contributed by atoms with Gasteiger partial charge in [0.25, 0.3) is 5.91 Å². The van der Waals surface area contributed by atoms with Gasteiger partial charge in [0.15, 0.2) is 0 Å². The van der Waals surface area contributed by atoms with E-state index in [-0.39, 0.29) is 17.7 Å². The van der Waals surface area contributed by atoms with Gasteiger partial charge in [-0.2, -0.15) is 10.6 Å². The predicted molar refractivity (Wildman–Crippen MR) is 137 cm³/mol. The van der Waals surface area contributed by atoms with Crippen molar-refractivity contribution in [2.45, 2.75) is 38.1 Å². The monoisotopic (exact) mass is 496 g/mol. The van der Waals surface area contributed by atoms with E-state index in [0.29, 0.717) is 42.4 Å². The third kappa shape index (κ3) is 5.52. The molecule has 5 rings (SSSR count). The number of nitrogens with zero attached hydrogens (tertiary/aromatic N) is 3. The van der Waals surface area contributed by atoms with Crippen molar-refractivity contribution in [3.8, 4) is 0 Å². The molecule has 2 aromatic heterocycles. The molecule has 35 heavy (non-hydrogen) atoms. The lowest BCUT2D eigenvalue weighted by Crippen LogP contribution is -2.43. The molecule has 0 saturated carbocycles. The summed E-state index contributed by atoms with van der Waals surface area (Å²) in [6.45, 7) is 1.88. The molecule has 0 spiro atoms. The van der Waals surface area contributed by atoms with Crippen LogP contribution in [0.15, 0.2) is 55.0 Å². The lowest BCUT2D eigenvalue weighted by molar-refractivity contribution is -0.136. The molecule has 186 valence electrons. The van der Waals surface area contributed by atoms with Gasteiger partial charge in [-0.15, -0.1) is 0 Å². The lowest BCUT2D eigenvalue weighted by atomic mass is 9.88. The number of amides is 2. The molecular weight excluding hydrogens is 464 g/mol. The Bertz CT molecular complexity index is 1190. The highest BCUT2D eigenvalue weighted by Crippen LogP contribution is 2.46. The molecule has 3 aromatic rings. The Hall–Kier alpha value is -2.88. The molecule has 2 amide bonds. The summed E-state index contributed by atoms with van der Waals surface area (Å²) in [7, 11) is -2.46. The molecule has 0 aliphatic carbocycles. The number of likely N-dealkylation sites (tertiary alicyclic amines) is 1. The molecule has 0 unspecified atom stereocenters. The van der Waals surface area contributed by atoms with E-state index in [0.717, 1.165) is 37.1 Å². The number of piperidine rings is 1. The summed E-state index contributed by atoms with van der Waals surface area (Å²) >= 11 is 0. The second kappa shape index (κ2) is 10.0. The summed E-state index contributed by atoms with van der Waals surface area (Å²) in [4.78, 5) is 31.7. The van der Waals surface area contributed by atoms with E-state index in [4.69, 9.17) is 0 Å². The van der Waals surface area contributed by atoms with Crippen LogP contribution in [0.1, 0.15) is 53.1 Å². The van der Waals surface area contributed by atoms with Crippen molar-refractivity contribution in [1.29, 1.82) is 0 Å². The van der Waals surface area contributed by atoms with Gasteiger partial charge < -0.3 is 14.6 Å². The standard InChI is InChI=1S/C26H32N4O4S/c31-25(28-18-19-5-11-29-14-10-27-24(29)17-19)22-3-1-20(2-4-22)21-6-12-30(13-7-21)26(32)23-8-15-35(33,34)16-9-23/h1-5,10-11,14,17,21,23,33-34H,6-9,12-13,15-16,18H2,(H,28,31). The molecule has 9 heteroatoms. The van der Waals surface area contributed by atoms with Crippen LogP contribution in [0.4, 0.5) is 0 Å². The fraction of sp³-hybridized carbons (Fsp3) is 0.423. The summed E-state index contributed by atoms with van der Waals surface area (Å²) in [5.41, 5.74) is 3.68. The van der Waals surface area contributed by atoms with Gasteiger partial charge in [0.05, 0.1) is 0 Å². The first-order chi connectivity index (χ1) is 16.9.